The number of benzene rings is 1. The van der Waals surface area contributed by atoms with Gasteiger partial charge in [-0.25, -0.2) is 4.98 Å². The van der Waals surface area contributed by atoms with Gasteiger partial charge in [0, 0.05) is 53.9 Å². The number of hydrogen-bond acceptors (Lipinski definition) is 6. The van der Waals surface area contributed by atoms with E-state index in [1.165, 1.54) is 11.5 Å². The van der Waals surface area contributed by atoms with Gasteiger partial charge in [-0.1, -0.05) is 30.3 Å². The van der Waals surface area contributed by atoms with Gasteiger partial charge >= 0.3 is 0 Å². The Morgan fingerprint density at radius 3 is 2.38 bits per heavy atom. The van der Waals surface area contributed by atoms with E-state index in [2.05, 4.69) is 41.2 Å². The lowest BCUT2D eigenvalue weighted by Crippen LogP contribution is -2.46. The summed E-state index contributed by atoms with van der Waals surface area (Å²) in [6.45, 7) is 3.74. The lowest BCUT2D eigenvalue weighted by atomic mass is 10.2. The number of halogens is 1. The molecule has 3 aromatic rings. The monoisotopic (exact) mass is 401 g/mol. The third-order valence-electron chi connectivity index (χ3n) is 4.03. The maximum absolute atomic E-state index is 4.71. The minimum Gasteiger partial charge on any atom is -0.353 e. The molecule has 1 aliphatic heterocycles. The number of rotatable bonds is 3. The standard InChI is InChI=1S/C17H16BrN5S/c18-14-6-7-15(19-12-14)22-8-10-23(11-9-22)17-20-16(21-24-17)13-4-2-1-3-5-13/h1-7,12H,8-11H2. The zero-order chi connectivity index (χ0) is 16.4. The highest BCUT2D eigenvalue weighted by atomic mass is 79.9. The topological polar surface area (TPSA) is 45.2 Å². The summed E-state index contributed by atoms with van der Waals surface area (Å²) in [6, 6.07) is 14.2. The van der Waals surface area contributed by atoms with Crippen LogP contribution in [0.1, 0.15) is 0 Å². The molecule has 4 rings (SSSR count). The second kappa shape index (κ2) is 6.86. The second-order valence-electron chi connectivity index (χ2n) is 5.58. The van der Waals surface area contributed by atoms with Gasteiger partial charge in [-0.2, -0.15) is 9.36 Å². The van der Waals surface area contributed by atoms with Crippen LogP contribution in [0.25, 0.3) is 11.4 Å². The van der Waals surface area contributed by atoms with Crippen molar-refractivity contribution in [2.75, 3.05) is 36.0 Å². The van der Waals surface area contributed by atoms with Crippen LogP contribution in [0.5, 0.6) is 0 Å². The van der Waals surface area contributed by atoms with Gasteiger partial charge in [0.1, 0.15) is 5.82 Å². The van der Waals surface area contributed by atoms with Gasteiger partial charge in [-0.05, 0) is 28.1 Å². The maximum Gasteiger partial charge on any atom is 0.205 e. The van der Waals surface area contributed by atoms with E-state index in [0.717, 1.165) is 53.0 Å². The Bertz CT molecular complexity index is 797. The van der Waals surface area contributed by atoms with Crippen LogP contribution < -0.4 is 9.80 Å². The Balaban J connectivity index is 1.43. The maximum atomic E-state index is 4.71. The first kappa shape index (κ1) is 15.5. The van der Waals surface area contributed by atoms with Crippen molar-refractivity contribution >= 4 is 38.4 Å². The van der Waals surface area contributed by atoms with Crippen LogP contribution in [0.4, 0.5) is 10.9 Å². The van der Waals surface area contributed by atoms with Crippen molar-refractivity contribution < 1.29 is 0 Å². The molecule has 3 heterocycles. The van der Waals surface area contributed by atoms with Crippen molar-refractivity contribution in [3.05, 3.63) is 53.1 Å². The summed E-state index contributed by atoms with van der Waals surface area (Å²) in [5.41, 5.74) is 1.07. The molecule has 122 valence electrons. The molecule has 5 nitrogen and oxygen atoms in total. The molecule has 1 aliphatic rings. The molecule has 1 saturated heterocycles. The molecular formula is C17H16BrN5S. The highest BCUT2D eigenvalue weighted by Crippen LogP contribution is 2.25. The van der Waals surface area contributed by atoms with Gasteiger partial charge in [0.05, 0.1) is 0 Å². The number of pyridine rings is 1. The first-order valence-electron chi connectivity index (χ1n) is 7.80. The molecule has 24 heavy (non-hydrogen) atoms. The summed E-state index contributed by atoms with van der Waals surface area (Å²) in [6.07, 6.45) is 1.85. The van der Waals surface area contributed by atoms with Crippen LogP contribution in [-0.4, -0.2) is 40.5 Å². The fourth-order valence-electron chi connectivity index (χ4n) is 2.73. The van der Waals surface area contributed by atoms with E-state index in [4.69, 9.17) is 4.98 Å². The Labute approximate surface area is 153 Å². The zero-order valence-corrected chi connectivity index (χ0v) is 15.4. The summed E-state index contributed by atoms with van der Waals surface area (Å²) >= 11 is 4.90. The minimum absolute atomic E-state index is 0.813. The largest absolute Gasteiger partial charge is 0.353 e. The van der Waals surface area contributed by atoms with Crippen molar-refractivity contribution in [1.29, 1.82) is 0 Å². The first-order valence-corrected chi connectivity index (χ1v) is 9.37. The molecule has 2 aromatic heterocycles. The smallest absolute Gasteiger partial charge is 0.205 e. The van der Waals surface area contributed by atoms with Crippen molar-refractivity contribution in [2.45, 2.75) is 0 Å². The SMILES string of the molecule is Brc1ccc(N2CCN(c3nc(-c4ccccc4)ns3)CC2)nc1. The number of anilines is 2. The summed E-state index contributed by atoms with van der Waals surface area (Å²) in [4.78, 5) is 13.8. The van der Waals surface area contributed by atoms with Gasteiger partial charge in [0.25, 0.3) is 0 Å². The Morgan fingerprint density at radius 2 is 1.67 bits per heavy atom. The highest BCUT2D eigenvalue weighted by molar-refractivity contribution is 9.10. The van der Waals surface area contributed by atoms with Gasteiger partial charge < -0.3 is 9.80 Å². The average molecular weight is 402 g/mol. The van der Waals surface area contributed by atoms with Crippen molar-refractivity contribution in [2.24, 2.45) is 0 Å². The Hall–Kier alpha value is -1.99. The molecule has 0 radical (unpaired) electrons. The lowest BCUT2D eigenvalue weighted by Gasteiger charge is -2.35. The fraction of sp³-hybridized carbons (Fsp3) is 0.235. The molecule has 0 unspecified atom stereocenters. The van der Waals surface area contributed by atoms with Crippen molar-refractivity contribution in [3.8, 4) is 11.4 Å². The van der Waals surface area contributed by atoms with E-state index in [0.29, 0.717) is 0 Å². The van der Waals surface area contributed by atoms with Gasteiger partial charge in [0.2, 0.25) is 5.13 Å². The number of nitrogens with zero attached hydrogens (tertiary/aromatic N) is 5. The molecule has 0 atom stereocenters. The van der Waals surface area contributed by atoms with Crippen molar-refractivity contribution in [1.82, 2.24) is 14.3 Å². The zero-order valence-electron chi connectivity index (χ0n) is 13.0. The molecule has 0 spiro atoms. The van der Waals surface area contributed by atoms with Crippen LogP contribution in [0.15, 0.2) is 53.1 Å². The van der Waals surface area contributed by atoms with Gasteiger partial charge in [-0.3, -0.25) is 0 Å². The third-order valence-corrected chi connectivity index (χ3v) is 5.28. The minimum atomic E-state index is 0.813. The summed E-state index contributed by atoms with van der Waals surface area (Å²) in [5, 5.41) is 0.997. The van der Waals surface area contributed by atoms with E-state index >= 15 is 0 Å². The number of piperazine rings is 1. The predicted octanol–water partition coefficient (Wildman–Crippen LogP) is 3.69. The molecule has 0 aliphatic carbocycles. The summed E-state index contributed by atoms with van der Waals surface area (Å²) in [7, 11) is 0. The molecular weight excluding hydrogens is 386 g/mol. The number of aromatic nitrogens is 3. The molecule has 0 N–H and O–H groups in total. The molecule has 1 aromatic carbocycles. The molecule has 7 heteroatoms. The van der Waals surface area contributed by atoms with Crippen LogP contribution in [0.2, 0.25) is 0 Å². The van der Waals surface area contributed by atoms with Crippen LogP contribution in [0.3, 0.4) is 0 Å². The lowest BCUT2D eigenvalue weighted by molar-refractivity contribution is 0.646. The number of hydrogen-bond donors (Lipinski definition) is 0. The van der Waals surface area contributed by atoms with E-state index in [9.17, 15) is 0 Å². The van der Waals surface area contributed by atoms with Crippen LogP contribution >= 0.6 is 27.5 Å². The second-order valence-corrected chi connectivity index (χ2v) is 7.22. The van der Waals surface area contributed by atoms with Crippen LogP contribution in [0, 0.1) is 0 Å². The van der Waals surface area contributed by atoms with E-state index < -0.39 is 0 Å². The Kier molecular flexibility index (Phi) is 4.44. The van der Waals surface area contributed by atoms with E-state index in [-0.39, 0.29) is 0 Å². The van der Waals surface area contributed by atoms with Crippen LogP contribution in [-0.2, 0) is 0 Å². The predicted molar refractivity (Wildman–Crippen MR) is 102 cm³/mol. The van der Waals surface area contributed by atoms with E-state index in [1.54, 1.807) is 0 Å². The first-order chi connectivity index (χ1) is 11.8. The average Bonchev–Trinajstić information content (AvgIpc) is 3.13. The van der Waals surface area contributed by atoms with Gasteiger partial charge in [0.15, 0.2) is 5.82 Å². The summed E-state index contributed by atoms with van der Waals surface area (Å²) in [5.74, 6) is 1.84. The normalized spacial score (nSPS) is 14.9. The highest BCUT2D eigenvalue weighted by Gasteiger charge is 2.21. The van der Waals surface area contributed by atoms with Gasteiger partial charge in [-0.15, -0.1) is 0 Å². The quantitative estimate of drug-likeness (QED) is 0.669. The molecule has 1 fully saturated rings. The molecule has 0 bridgehead atoms. The molecule has 0 amide bonds. The fourth-order valence-corrected chi connectivity index (χ4v) is 3.70. The van der Waals surface area contributed by atoms with E-state index in [1.807, 2.05) is 42.6 Å². The molecule has 0 saturated carbocycles. The summed E-state index contributed by atoms with van der Waals surface area (Å²) < 4.78 is 5.51. The third kappa shape index (κ3) is 3.27. The van der Waals surface area contributed by atoms with Crippen molar-refractivity contribution in [3.63, 3.8) is 0 Å². The Morgan fingerprint density at radius 1 is 0.917 bits per heavy atom.